The Morgan fingerprint density at radius 1 is 1.62 bits per heavy atom. The van der Waals surface area contributed by atoms with Crippen molar-refractivity contribution in [2.45, 2.75) is 32.2 Å². The minimum absolute atomic E-state index is 0.0271. The topological polar surface area (TPSA) is 55.1 Å². The summed E-state index contributed by atoms with van der Waals surface area (Å²) in [5.74, 6) is 1.05. The molecule has 0 radical (unpaired) electrons. The Morgan fingerprint density at radius 2 is 2.31 bits per heavy atom. The molecule has 0 fully saturated rings. The first-order chi connectivity index (χ1) is 6.20. The molecule has 0 rings (SSSR count). The average Bonchev–Trinajstić information content (AvgIpc) is 2.05. The largest absolute Gasteiger partial charge is 0.355 e. The lowest BCUT2D eigenvalue weighted by Crippen LogP contribution is -2.32. The minimum atomic E-state index is 0.0271. The van der Waals surface area contributed by atoms with E-state index >= 15 is 0 Å². The molecular formula is C9H20N2OS. The smallest absolute Gasteiger partial charge is 0.221 e. The Bertz CT molecular complexity index is 142. The van der Waals surface area contributed by atoms with Crippen molar-refractivity contribution in [2.24, 2.45) is 5.73 Å². The summed E-state index contributed by atoms with van der Waals surface area (Å²) in [6.07, 6.45) is 4.45. The Balaban J connectivity index is 3.38. The molecule has 0 aliphatic carbocycles. The average molecular weight is 204 g/mol. The fourth-order valence-electron chi connectivity index (χ4n) is 1.08. The lowest BCUT2D eigenvalue weighted by atomic mass is 10.1. The molecule has 0 bridgehead atoms. The van der Waals surface area contributed by atoms with Gasteiger partial charge in [0.05, 0.1) is 0 Å². The number of nitrogens with one attached hydrogen (secondary N) is 1. The second-order valence-electron chi connectivity index (χ2n) is 3.10. The Morgan fingerprint density at radius 3 is 2.85 bits per heavy atom. The molecule has 0 aromatic carbocycles. The van der Waals surface area contributed by atoms with Gasteiger partial charge in [-0.05, 0) is 12.7 Å². The highest BCUT2D eigenvalue weighted by Gasteiger charge is 2.07. The van der Waals surface area contributed by atoms with Gasteiger partial charge in [-0.1, -0.05) is 13.3 Å². The van der Waals surface area contributed by atoms with Crippen LogP contribution in [0.1, 0.15) is 26.2 Å². The van der Waals surface area contributed by atoms with Crippen LogP contribution in [0, 0.1) is 0 Å². The van der Waals surface area contributed by atoms with E-state index in [1.807, 2.05) is 6.26 Å². The molecular weight excluding hydrogens is 184 g/mol. The number of thioether (sulfide) groups is 1. The summed E-state index contributed by atoms with van der Waals surface area (Å²) in [7, 11) is 0. The molecule has 0 spiro atoms. The molecule has 0 aliphatic rings. The van der Waals surface area contributed by atoms with Gasteiger partial charge in [0.15, 0.2) is 0 Å². The van der Waals surface area contributed by atoms with E-state index in [4.69, 9.17) is 5.73 Å². The molecule has 0 aromatic heterocycles. The molecule has 0 heterocycles. The van der Waals surface area contributed by atoms with Crippen molar-refractivity contribution >= 4 is 17.7 Å². The molecule has 1 amide bonds. The van der Waals surface area contributed by atoms with Crippen LogP contribution in [0.5, 0.6) is 0 Å². The van der Waals surface area contributed by atoms with Crippen molar-refractivity contribution in [3.05, 3.63) is 0 Å². The summed E-state index contributed by atoms with van der Waals surface area (Å²) in [6, 6.07) is 0.0271. The number of carbonyl (C=O) groups excluding carboxylic acids is 1. The van der Waals surface area contributed by atoms with Gasteiger partial charge in [0.25, 0.3) is 0 Å². The van der Waals surface area contributed by atoms with Gasteiger partial charge in [0, 0.05) is 24.8 Å². The lowest BCUT2D eigenvalue weighted by molar-refractivity contribution is -0.121. The van der Waals surface area contributed by atoms with E-state index in [0.29, 0.717) is 6.42 Å². The van der Waals surface area contributed by atoms with Crippen LogP contribution in [0.2, 0.25) is 0 Å². The van der Waals surface area contributed by atoms with Gasteiger partial charge in [-0.3, -0.25) is 4.79 Å². The third-order valence-electron chi connectivity index (χ3n) is 1.74. The highest BCUT2D eigenvalue weighted by Crippen LogP contribution is 1.97. The van der Waals surface area contributed by atoms with E-state index in [1.54, 1.807) is 11.8 Å². The maximum absolute atomic E-state index is 11.2. The molecule has 3 N–H and O–H groups in total. The van der Waals surface area contributed by atoms with Crippen molar-refractivity contribution in [3.63, 3.8) is 0 Å². The molecule has 78 valence electrons. The number of nitrogens with two attached hydrogens (primary N) is 1. The quantitative estimate of drug-likeness (QED) is 0.608. The van der Waals surface area contributed by atoms with Crippen LogP contribution >= 0.6 is 11.8 Å². The number of hydrogen-bond donors (Lipinski definition) is 2. The normalized spacial score (nSPS) is 12.5. The highest BCUT2D eigenvalue weighted by atomic mass is 32.2. The van der Waals surface area contributed by atoms with Crippen molar-refractivity contribution < 1.29 is 4.79 Å². The predicted molar refractivity (Wildman–Crippen MR) is 58.9 cm³/mol. The Labute approximate surface area is 84.8 Å². The molecule has 1 atom stereocenters. The molecule has 3 nitrogen and oxygen atoms in total. The summed E-state index contributed by atoms with van der Waals surface area (Å²) >= 11 is 1.73. The first-order valence-electron chi connectivity index (χ1n) is 4.72. The second kappa shape index (κ2) is 8.38. The van der Waals surface area contributed by atoms with Gasteiger partial charge in [-0.2, -0.15) is 11.8 Å². The standard InChI is InChI=1S/C9H20N2OS/c1-3-4-8(10)7-9(12)11-5-6-13-2/h8H,3-7,10H2,1-2H3,(H,11,12). The zero-order valence-electron chi connectivity index (χ0n) is 8.51. The van der Waals surface area contributed by atoms with Crippen LogP contribution in [0.25, 0.3) is 0 Å². The molecule has 0 aromatic rings. The molecule has 0 saturated heterocycles. The summed E-state index contributed by atoms with van der Waals surface area (Å²) in [4.78, 5) is 11.2. The van der Waals surface area contributed by atoms with Crippen molar-refractivity contribution in [2.75, 3.05) is 18.6 Å². The van der Waals surface area contributed by atoms with E-state index in [0.717, 1.165) is 25.1 Å². The number of rotatable bonds is 7. The van der Waals surface area contributed by atoms with Gasteiger partial charge < -0.3 is 11.1 Å². The van der Waals surface area contributed by atoms with Gasteiger partial charge in [0.1, 0.15) is 0 Å². The first-order valence-corrected chi connectivity index (χ1v) is 6.11. The van der Waals surface area contributed by atoms with E-state index in [-0.39, 0.29) is 11.9 Å². The monoisotopic (exact) mass is 204 g/mol. The maximum Gasteiger partial charge on any atom is 0.221 e. The fraction of sp³-hybridized carbons (Fsp3) is 0.889. The Hall–Kier alpha value is -0.220. The van der Waals surface area contributed by atoms with Gasteiger partial charge >= 0.3 is 0 Å². The molecule has 0 aliphatic heterocycles. The summed E-state index contributed by atoms with van der Waals surface area (Å²) < 4.78 is 0. The maximum atomic E-state index is 11.2. The third-order valence-corrected chi connectivity index (χ3v) is 2.35. The Kier molecular flexibility index (Phi) is 8.24. The lowest BCUT2D eigenvalue weighted by Gasteiger charge is -2.09. The first kappa shape index (κ1) is 12.8. The minimum Gasteiger partial charge on any atom is -0.355 e. The van der Waals surface area contributed by atoms with E-state index < -0.39 is 0 Å². The van der Waals surface area contributed by atoms with Crippen molar-refractivity contribution in [1.29, 1.82) is 0 Å². The predicted octanol–water partition coefficient (Wildman–Crippen LogP) is 0.983. The summed E-state index contributed by atoms with van der Waals surface area (Å²) in [5.41, 5.74) is 5.72. The zero-order chi connectivity index (χ0) is 10.1. The van der Waals surface area contributed by atoms with Crippen LogP contribution in [0.15, 0.2) is 0 Å². The van der Waals surface area contributed by atoms with E-state index in [1.165, 1.54) is 0 Å². The number of amides is 1. The molecule has 1 unspecified atom stereocenters. The second-order valence-corrected chi connectivity index (χ2v) is 4.08. The third kappa shape index (κ3) is 8.12. The van der Waals surface area contributed by atoms with E-state index in [9.17, 15) is 4.79 Å². The van der Waals surface area contributed by atoms with Gasteiger partial charge in [-0.15, -0.1) is 0 Å². The zero-order valence-corrected chi connectivity index (χ0v) is 9.32. The molecule has 0 saturated carbocycles. The van der Waals surface area contributed by atoms with Crippen LogP contribution in [0.3, 0.4) is 0 Å². The summed E-state index contributed by atoms with van der Waals surface area (Å²) in [6.45, 7) is 2.82. The number of carbonyl (C=O) groups is 1. The van der Waals surface area contributed by atoms with Gasteiger partial charge in [-0.25, -0.2) is 0 Å². The molecule has 4 heteroatoms. The van der Waals surface area contributed by atoms with Crippen LogP contribution < -0.4 is 11.1 Å². The van der Waals surface area contributed by atoms with E-state index in [2.05, 4.69) is 12.2 Å². The SMILES string of the molecule is CCCC(N)CC(=O)NCCSC. The van der Waals surface area contributed by atoms with Crippen molar-refractivity contribution in [3.8, 4) is 0 Å². The van der Waals surface area contributed by atoms with Crippen LogP contribution in [0.4, 0.5) is 0 Å². The van der Waals surface area contributed by atoms with Crippen LogP contribution in [-0.2, 0) is 4.79 Å². The summed E-state index contributed by atoms with van der Waals surface area (Å²) in [5, 5.41) is 2.83. The molecule has 13 heavy (non-hydrogen) atoms. The highest BCUT2D eigenvalue weighted by molar-refractivity contribution is 7.98. The number of hydrogen-bond acceptors (Lipinski definition) is 3. The fourth-order valence-corrected chi connectivity index (χ4v) is 1.38. The van der Waals surface area contributed by atoms with Crippen molar-refractivity contribution in [1.82, 2.24) is 5.32 Å². The van der Waals surface area contributed by atoms with Crippen LogP contribution in [-0.4, -0.2) is 30.5 Å². The van der Waals surface area contributed by atoms with Gasteiger partial charge in [0.2, 0.25) is 5.91 Å².